The summed E-state index contributed by atoms with van der Waals surface area (Å²) >= 11 is 0. The number of hydrogen-bond acceptors (Lipinski definition) is 4. The average Bonchev–Trinajstić information content (AvgIpc) is 2.45. The van der Waals surface area contributed by atoms with Crippen LogP contribution >= 0.6 is 0 Å². The van der Waals surface area contributed by atoms with Gasteiger partial charge in [-0.2, -0.15) is 0 Å². The van der Waals surface area contributed by atoms with Crippen LogP contribution in [0, 0.1) is 5.82 Å². The van der Waals surface area contributed by atoms with Crippen molar-refractivity contribution in [3.63, 3.8) is 0 Å². The molecule has 1 aliphatic heterocycles. The summed E-state index contributed by atoms with van der Waals surface area (Å²) in [6.07, 6.45) is 1.57. The van der Waals surface area contributed by atoms with Crippen LogP contribution < -0.4 is 10.2 Å². The molecule has 0 atom stereocenters. The van der Waals surface area contributed by atoms with E-state index in [-0.39, 0.29) is 23.2 Å². The van der Waals surface area contributed by atoms with Gasteiger partial charge in [0.2, 0.25) is 0 Å². The number of carbonyl (C=O) groups excluding carboxylic acids is 1. The summed E-state index contributed by atoms with van der Waals surface area (Å²) < 4.78 is 13.8. The molecule has 1 saturated heterocycles. The van der Waals surface area contributed by atoms with Crippen molar-refractivity contribution in [1.82, 2.24) is 15.3 Å². The number of aromatic nitrogens is 2. The van der Waals surface area contributed by atoms with Crippen molar-refractivity contribution < 1.29 is 9.18 Å². The molecule has 0 saturated carbocycles. The van der Waals surface area contributed by atoms with E-state index < -0.39 is 5.82 Å². The van der Waals surface area contributed by atoms with Crippen LogP contribution in [0.25, 0.3) is 0 Å². The highest BCUT2D eigenvalue weighted by Gasteiger charge is 2.24. The lowest BCUT2D eigenvalue weighted by Crippen LogP contribution is -2.41. The van der Waals surface area contributed by atoms with Gasteiger partial charge in [-0.15, -0.1) is 0 Å². The van der Waals surface area contributed by atoms with Crippen molar-refractivity contribution in [2.75, 3.05) is 25.0 Å². The summed E-state index contributed by atoms with van der Waals surface area (Å²) in [5.74, 6) is 0.111. The molecule has 1 N–H and O–H groups in total. The van der Waals surface area contributed by atoms with Crippen LogP contribution in [0.5, 0.6) is 0 Å². The molecule has 3 rings (SSSR count). The zero-order chi connectivity index (χ0) is 14.8. The third-order valence-corrected chi connectivity index (χ3v) is 3.56. The Labute approximate surface area is 121 Å². The third-order valence-electron chi connectivity index (χ3n) is 3.56. The summed E-state index contributed by atoms with van der Waals surface area (Å²) in [6, 6.07) is 7.71. The van der Waals surface area contributed by atoms with Crippen molar-refractivity contribution in [3.8, 4) is 0 Å². The Bertz CT molecular complexity index is 672. The largest absolute Gasteiger partial charge is 0.315 e. The minimum Gasteiger partial charge on any atom is -0.315 e. The lowest BCUT2D eigenvalue weighted by molar-refractivity contribution is 0.0986. The second-order valence-electron chi connectivity index (χ2n) is 4.97. The average molecular weight is 286 g/mol. The third kappa shape index (κ3) is 2.62. The summed E-state index contributed by atoms with van der Waals surface area (Å²) in [5, 5.41) is 3.14. The molecule has 5 nitrogen and oxygen atoms in total. The Balaban J connectivity index is 1.86. The number of benzene rings is 1. The maximum Gasteiger partial charge on any atom is 0.276 e. The van der Waals surface area contributed by atoms with Gasteiger partial charge >= 0.3 is 0 Å². The van der Waals surface area contributed by atoms with E-state index in [2.05, 4.69) is 15.3 Å². The molecule has 0 radical (unpaired) electrons. The SMILES string of the molecule is CN(C(=O)c1ccnc(C2CNC2)n1)c1ccccc1F. The van der Waals surface area contributed by atoms with Crippen LogP contribution in [0.1, 0.15) is 22.2 Å². The van der Waals surface area contributed by atoms with E-state index in [1.807, 2.05) is 0 Å². The Morgan fingerprint density at radius 2 is 2.10 bits per heavy atom. The number of anilines is 1. The van der Waals surface area contributed by atoms with E-state index in [0.29, 0.717) is 5.82 Å². The molecule has 0 bridgehead atoms. The van der Waals surface area contributed by atoms with Crippen LogP contribution in [0.3, 0.4) is 0 Å². The standard InChI is InChI=1S/C15H15FN4O/c1-20(13-5-3-2-4-11(13)16)15(21)12-6-7-18-14(19-12)10-8-17-9-10/h2-7,10,17H,8-9H2,1H3. The molecule has 2 heterocycles. The van der Waals surface area contributed by atoms with E-state index in [1.165, 1.54) is 18.0 Å². The molecule has 0 unspecified atom stereocenters. The zero-order valence-corrected chi connectivity index (χ0v) is 11.6. The van der Waals surface area contributed by atoms with Gasteiger partial charge in [-0.3, -0.25) is 4.79 Å². The van der Waals surface area contributed by atoms with Crippen LogP contribution in [-0.4, -0.2) is 36.0 Å². The summed E-state index contributed by atoms with van der Waals surface area (Å²) in [4.78, 5) is 22.2. The number of carbonyl (C=O) groups is 1. The molecule has 6 heteroatoms. The van der Waals surface area contributed by atoms with Gasteiger partial charge in [-0.25, -0.2) is 14.4 Å². The van der Waals surface area contributed by atoms with Crippen LogP contribution in [-0.2, 0) is 0 Å². The lowest BCUT2D eigenvalue weighted by atomic mass is 10.0. The first-order chi connectivity index (χ1) is 10.2. The fraction of sp³-hybridized carbons (Fsp3) is 0.267. The molecule has 0 spiro atoms. The Morgan fingerprint density at radius 1 is 1.33 bits per heavy atom. The monoisotopic (exact) mass is 286 g/mol. The van der Waals surface area contributed by atoms with Gasteiger partial charge < -0.3 is 10.2 Å². The Hall–Kier alpha value is -2.34. The number of nitrogens with one attached hydrogen (secondary N) is 1. The maximum absolute atomic E-state index is 13.8. The predicted molar refractivity (Wildman–Crippen MR) is 76.8 cm³/mol. The van der Waals surface area contributed by atoms with Gasteiger partial charge in [-0.1, -0.05) is 12.1 Å². The van der Waals surface area contributed by atoms with Gasteiger partial charge in [0.1, 0.15) is 17.3 Å². The fourth-order valence-electron chi connectivity index (χ4n) is 2.17. The van der Waals surface area contributed by atoms with Crippen LogP contribution in [0.2, 0.25) is 0 Å². The first-order valence-corrected chi connectivity index (χ1v) is 6.73. The quantitative estimate of drug-likeness (QED) is 0.930. The summed E-state index contributed by atoms with van der Waals surface area (Å²) in [6.45, 7) is 1.64. The normalized spacial score (nSPS) is 14.6. The molecule has 1 aliphatic rings. The molecular weight excluding hydrogens is 271 g/mol. The highest BCUT2D eigenvalue weighted by Crippen LogP contribution is 2.20. The number of para-hydroxylation sites is 1. The minimum atomic E-state index is -0.439. The Morgan fingerprint density at radius 3 is 2.76 bits per heavy atom. The second-order valence-corrected chi connectivity index (χ2v) is 4.97. The second kappa shape index (κ2) is 5.57. The highest BCUT2D eigenvalue weighted by atomic mass is 19.1. The molecule has 2 aromatic rings. The number of rotatable bonds is 3. The molecule has 1 amide bonds. The molecule has 1 fully saturated rings. The molecule has 108 valence electrons. The smallest absolute Gasteiger partial charge is 0.276 e. The van der Waals surface area contributed by atoms with Gasteiger partial charge in [0.15, 0.2) is 0 Å². The van der Waals surface area contributed by atoms with E-state index in [1.54, 1.807) is 30.5 Å². The molecule has 21 heavy (non-hydrogen) atoms. The van der Waals surface area contributed by atoms with Crippen molar-refractivity contribution >= 4 is 11.6 Å². The van der Waals surface area contributed by atoms with Crippen LogP contribution in [0.15, 0.2) is 36.5 Å². The van der Waals surface area contributed by atoms with Gasteiger partial charge in [0.05, 0.1) is 5.69 Å². The van der Waals surface area contributed by atoms with E-state index >= 15 is 0 Å². The number of hydrogen-bond donors (Lipinski definition) is 1. The molecular formula is C15H15FN4O. The molecule has 1 aromatic heterocycles. The zero-order valence-electron chi connectivity index (χ0n) is 11.6. The fourth-order valence-corrected chi connectivity index (χ4v) is 2.17. The molecule has 1 aromatic carbocycles. The topological polar surface area (TPSA) is 58.1 Å². The summed E-state index contributed by atoms with van der Waals surface area (Å²) in [5.41, 5.74) is 0.505. The van der Waals surface area contributed by atoms with E-state index in [4.69, 9.17) is 0 Å². The van der Waals surface area contributed by atoms with Gasteiger partial charge in [0, 0.05) is 32.3 Å². The van der Waals surface area contributed by atoms with Crippen molar-refractivity contribution in [3.05, 3.63) is 53.9 Å². The maximum atomic E-state index is 13.8. The van der Waals surface area contributed by atoms with E-state index in [9.17, 15) is 9.18 Å². The Kier molecular flexibility index (Phi) is 3.62. The van der Waals surface area contributed by atoms with Gasteiger partial charge in [0.25, 0.3) is 5.91 Å². The number of amides is 1. The van der Waals surface area contributed by atoms with Crippen molar-refractivity contribution in [1.29, 1.82) is 0 Å². The lowest BCUT2D eigenvalue weighted by Gasteiger charge is -2.25. The summed E-state index contributed by atoms with van der Waals surface area (Å²) in [7, 11) is 1.54. The molecule has 0 aliphatic carbocycles. The minimum absolute atomic E-state index is 0.230. The first-order valence-electron chi connectivity index (χ1n) is 6.73. The number of halogens is 1. The van der Waals surface area contributed by atoms with Crippen molar-refractivity contribution in [2.24, 2.45) is 0 Å². The predicted octanol–water partition coefficient (Wildman–Crippen LogP) is 1.58. The van der Waals surface area contributed by atoms with E-state index in [0.717, 1.165) is 13.1 Å². The van der Waals surface area contributed by atoms with Gasteiger partial charge in [-0.05, 0) is 18.2 Å². The highest BCUT2D eigenvalue weighted by molar-refractivity contribution is 6.04. The number of nitrogens with zero attached hydrogens (tertiary/aromatic N) is 3. The first kappa shape index (κ1) is 13.6. The van der Waals surface area contributed by atoms with Crippen LogP contribution in [0.4, 0.5) is 10.1 Å². The van der Waals surface area contributed by atoms with Crippen molar-refractivity contribution in [2.45, 2.75) is 5.92 Å².